The van der Waals surface area contributed by atoms with Gasteiger partial charge in [-0.15, -0.1) is 0 Å². The molecule has 0 aliphatic carbocycles. The van der Waals surface area contributed by atoms with Crippen LogP contribution in [0.3, 0.4) is 0 Å². The highest BCUT2D eigenvalue weighted by Gasteiger charge is 2.22. The molecule has 6 nitrogen and oxygen atoms in total. The molecule has 1 N–H and O–H groups in total. The van der Waals surface area contributed by atoms with Gasteiger partial charge in [0.05, 0.1) is 6.04 Å². The molecule has 1 saturated heterocycles. The maximum atomic E-state index is 5.44. The molecule has 0 radical (unpaired) electrons. The largest absolute Gasteiger partial charge is 0.338 e. The minimum atomic E-state index is 0.215. The van der Waals surface area contributed by atoms with Gasteiger partial charge in [-0.25, -0.2) is 0 Å². The molecule has 1 unspecified atom stereocenters. The summed E-state index contributed by atoms with van der Waals surface area (Å²) in [5.41, 5.74) is 0. The fourth-order valence-electron chi connectivity index (χ4n) is 2.56. The Hall–Kier alpha value is -0.980. The molecule has 20 heavy (non-hydrogen) atoms. The molecule has 0 saturated carbocycles. The molecular weight excluding hydrogens is 254 g/mol. The van der Waals surface area contributed by atoms with Crippen LogP contribution < -0.4 is 5.32 Å². The molecule has 0 bridgehead atoms. The van der Waals surface area contributed by atoms with E-state index in [1.54, 1.807) is 0 Å². The van der Waals surface area contributed by atoms with Gasteiger partial charge in [-0.3, -0.25) is 4.90 Å². The van der Waals surface area contributed by atoms with Crippen molar-refractivity contribution in [1.82, 2.24) is 25.3 Å². The highest BCUT2D eigenvalue weighted by atomic mass is 16.5. The van der Waals surface area contributed by atoms with Crippen LogP contribution in [0.1, 0.15) is 38.5 Å². The Morgan fingerprint density at radius 3 is 2.65 bits per heavy atom. The van der Waals surface area contributed by atoms with Crippen molar-refractivity contribution in [2.24, 2.45) is 0 Å². The van der Waals surface area contributed by atoms with Crippen molar-refractivity contribution in [3.8, 4) is 0 Å². The summed E-state index contributed by atoms with van der Waals surface area (Å²) in [4.78, 5) is 9.32. The zero-order valence-electron chi connectivity index (χ0n) is 12.9. The summed E-state index contributed by atoms with van der Waals surface area (Å²) in [6, 6.07) is 0.215. The SMILES string of the molecule is CCN(CC)CCc1noc(C(C)N2CCNCC2)n1. The number of rotatable bonds is 7. The quantitative estimate of drug-likeness (QED) is 0.802. The lowest BCUT2D eigenvalue weighted by Gasteiger charge is -2.30. The smallest absolute Gasteiger partial charge is 0.243 e. The summed E-state index contributed by atoms with van der Waals surface area (Å²) < 4.78 is 5.44. The fourth-order valence-corrected chi connectivity index (χ4v) is 2.56. The molecular formula is C14H27N5O. The average molecular weight is 281 g/mol. The number of aromatic nitrogens is 2. The molecule has 0 aromatic carbocycles. The topological polar surface area (TPSA) is 57.4 Å². The van der Waals surface area contributed by atoms with Crippen molar-refractivity contribution in [2.45, 2.75) is 33.2 Å². The Bertz CT molecular complexity index is 385. The number of nitrogens with zero attached hydrogens (tertiary/aromatic N) is 4. The van der Waals surface area contributed by atoms with E-state index in [2.05, 4.69) is 46.0 Å². The predicted octanol–water partition coefficient (Wildman–Crippen LogP) is 0.920. The Kier molecular flexibility index (Phi) is 5.94. The molecule has 0 amide bonds. The number of likely N-dealkylation sites (N-methyl/N-ethyl adjacent to an activating group) is 1. The van der Waals surface area contributed by atoms with Gasteiger partial charge in [0, 0.05) is 39.1 Å². The van der Waals surface area contributed by atoms with Crippen LogP contribution in [0.2, 0.25) is 0 Å². The maximum Gasteiger partial charge on any atom is 0.243 e. The Labute approximate surface area is 121 Å². The molecule has 6 heteroatoms. The molecule has 1 aromatic rings. The third-order valence-corrected chi connectivity index (χ3v) is 4.09. The van der Waals surface area contributed by atoms with E-state index in [4.69, 9.17) is 4.52 Å². The van der Waals surface area contributed by atoms with Crippen LogP contribution in [0.25, 0.3) is 0 Å². The lowest BCUT2D eigenvalue weighted by atomic mass is 10.2. The van der Waals surface area contributed by atoms with Crippen molar-refractivity contribution >= 4 is 0 Å². The Morgan fingerprint density at radius 1 is 1.30 bits per heavy atom. The van der Waals surface area contributed by atoms with Crippen molar-refractivity contribution in [1.29, 1.82) is 0 Å². The molecule has 0 spiro atoms. The molecule has 1 aromatic heterocycles. The normalized spacial score (nSPS) is 18.6. The number of hydrogen-bond acceptors (Lipinski definition) is 6. The second-order valence-electron chi connectivity index (χ2n) is 5.29. The molecule has 114 valence electrons. The highest BCUT2D eigenvalue weighted by Crippen LogP contribution is 2.18. The van der Waals surface area contributed by atoms with E-state index in [1.165, 1.54) is 0 Å². The third-order valence-electron chi connectivity index (χ3n) is 4.09. The Balaban J connectivity index is 1.87. The van der Waals surface area contributed by atoms with Gasteiger partial charge in [-0.2, -0.15) is 4.98 Å². The van der Waals surface area contributed by atoms with Gasteiger partial charge in [-0.05, 0) is 20.0 Å². The van der Waals surface area contributed by atoms with Gasteiger partial charge in [0.15, 0.2) is 5.82 Å². The Morgan fingerprint density at radius 2 is 2.00 bits per heavy atom. The van der Waals surface area contributed by atoms with E-state index in [0.29, 0.717) is 0 Å². The van der Waals surface area contributed by atoms with Gasteiger partial charge in [0.1, 0.15) is 0 Å². The highest BCUT2D eigenvalue weighted by molar-refractivity contribution is 4.93. The molecule has 1 aliphatic rings. The van der Waals surface area contributed by atoms with Gasteiger partial charge in [0.2, 0.25) is 5.89 Å². The number of piperazine rings is 1. The summed E-state index contributed by atoms with van der Waals surface area (Å²) in [6.45, 7) is 13.8. The van der Waals surface area contributed by atoms with Crippen LogP contribution in [0.5, 0.6) is 0 Å². The van der Waals surface area contributed by atoms with E-state index in [9.17, 15) is 0 Å². The summed E-state index contributed by atoms with van der Waals surface area (Å²) >= 11 is 0. The average Bonchev–Trinajstić information content (AvgIpc) is 2.97. The zero-order chi connectivity index (χ0) is 14.4. The summed E-state index contributed by atoms with van der Waals surface area (Å²) in [7, 11) is 0. The van der Waals surface area contributed by atoms with Crippen molar-refractivity contribution in [3.05, 3.63) is 11.7 Å². The van der Waals surface area contributed by atoms with Crippen LogP contribution in [0.15, 0.2) is 4.52 Å². The van der Waals surface area contributed by atoms with Gasteiger partial charge in [0.25, 0.3) is 0 Å². The van der Waals surface area contributed by atoms with Crippen LogP contribution in [-0.4, -0.2) is 65.8 Å². The number of hydrogen-bond donors (Lipinski definition) is 1. The van der Waals surface area contributed by atoms with E-state index in [0.717, 1.165) is 63.9 Å². The lowest BCUT2D eigenvalue weighted by Crippen LogP contribution is -2.44. The first-order valence-corrected chi connectivity index (χ1v) is 7.74. The first-order chi connectivity index (χ1) is 9.74. The second kappa shape index (κ2) is 7.71. The van der Waals surface area contributed by atoms with Crippen LogP contribution >= 0.6 is 0 Å². The van der Waals surface area contributed by atoms with Crippen LogP contribution in [0, 0.1) is 0 Å². The molecule has 1 aliphatic heterocycles. The minimum Gasteiger partial charge on any atom is -0.338 e. The first-order valence-electron chi connectivity index (χ1n) is 7.74. The lowest BCUT2D eigenvalue weighted by molar-refractivity contribution is 0.154. The zero-order valence-corrected chi connectivity index (χ0v) is 12.9. The summed E-state index contributed by atoms with van der Waals surface area (Å²) in [5, 5.41) is 7.48. The van der Waals surface area contributed by atoms with E-state index in [-0.39, 0.29) is 6.04 Å². The second-order valence-corrected chi connectivity index (χ2v) is 5.29. The van der Waals surface area contributed by atoms with Crippen molar-refractivity contribution < 1.29 is 4.52 Å². The van der Waals surface area contributed by atoms with Crippen LogP contribution in [0.4, 0.5) is 0 Å². The van der Waals surface area contributed by atoms with Crippen molar-refractivity contribution in [2.75, 3.05) is 45.8 Å². The standard InChI is InChI=1S/C14H27N5O/c1-4-18(5-2)9-6-13-16-14(20-17-13)12(3)19-10-7-15-8-11-19/h12,15H,4-11H2,1-3H3. The van der Waals surface area contributed by atoms with E-state index in [1.807, 2.05) is 0 Å². The summed E-state index contributed by atoms with van der Waals surface area (Å²) in [6.07, 6.45) is 0.861. The third kappa shape index (κ3) is 4.01. The number of nitrogens with one attached hydrogen (secondary N) is 1. The monoisotopic (exact) mass is 281 g/mol. The first kappa shape index (κ1) is 15.4. The van der Waals surface area contributed by atoms with E-state index >= 15 is 0 Å². The minimum absolute atomic E-state index is 0.215. The summed E-state index contributed by atoms with van der Waals surface area (Å²) in [5.74, 6) is 1.58. The molecule has 1 atom stereocenters. The fraction of sp³-hybridized carbons (Fsp3) is 0.857. The molecule has 1 fully saturated rings. The van der Waals surface area contributed by atoms with Gasteiger partial charge >= 0.3 is 0 Å². The van der Waals surface area contributed by atoms with Crippen molar-refractivity contribution in [3.63, 3.8) is 0 Å². The van der Waals surface area contributed by atoms with Gasteiger partial charge < -0.3 is 14.7 Å². The molecule has 2 rings (SSSR count). The van der Waals surface area contributed by atoms with Gasteiger partial charge in [-0.1, -0.05) is 19.0 Å². The van der Waals surface area contributed by atoms with E-state index < -0.39 is 0 Å². The maximum absolute atomic E-state index is 5.44. The van der Waals surface area contributed by atoms with Crippen LogP contribution in [-0.2, 0) is 6.42 Å². The molecule has 2 heterocycles. The predicted molar refractivity (Wildman–Crippen MR) is 78.6 cm³/mol.